The van der Waals surface area contributed by atoms with Gasteiger partial charge in [0.2, 0.25) is 11.8 Å². The number of allylic oxidation sites excluding steroid dienone is 4. The number of hydrogen-bond acceptors (Lipinski definition) is 13. The van der Waals surface area contributed by atoms with Crippen molar-refractivity contribution in [2.45, 2.75) is 110 Å². The number of nitrogens with one attached hydrogen (secondary N) is 3. The Morgan fingerprint density at radius 3 is 2.46 bits per heavy atom. The molecular formula is C44H59N5O12. The van der Waals surface area contributed by atoms with Crippen molar-refractivity contribution >= 4 is 41.3 Å². The molecule has 1 unspecified atom stereocenters. The van der Waals surface area contributed by atoms with Gasteiger partial charge in [0, 0.05) is 37.8 Å². The number of hydrazine groups is 1. The first kappa shape index (κ1) is 48.2. The summed E-state index contributed by atoms with van der Waals surface area (Å²) in [7, 11) is 0. The van der Waals surface area contributed by atoms with Crippen molar-refractivity contribution in [2.75, 3.05) is 19.9 Å². The van der Waals surface area contributed by atoms with Gasteiger partial charge >= 0.3 is 5.97 Å². The van der Waals surface area contributed by atoms with Gasteiger partial charge in [-0.2, -0.15) is 0 Å². The highest BCUT2D eigenvalue weighted by Crippen LogP contribution is 2.24. The van der Waals surface area contributed by atoms with E-state index < -0.39 is 89.7 Å². The van der Waals surface area contributed by atoms with Gasteiger partial charge in [0.05, 0.1) is 18.1 Å². The molecule has 3 aliphatic rings. The first-order valence-electron chi connectivity index (χ1n) is 20.6. The first-order chi connectivity index (χ1) is 29.0. The maximum absolute atomic E-state index is 14.3. The second kappa shape index (κ2) is 22.9. The topological polar surface area (TPSA) is 241 Å². The number of hydrogen-bond donors (Lipinski definition) is 6. The number of amides is 5. The van der Waals surface area contributed by atoms with E-state index >= 15 is 0 Å². The molecule has 0 aliphatic carbocycles. The van der Waals surface area contributed by atoms with Crippen molar-refractivity contribution < 1.29 is 58.4 Å². The van der Waals surface area contributed by atoms with Gasteiger partial charge in [0.15, 0.2) is 0 Å². The van der Waals surface area contributed by atoms with Crippen LogP contribution >= 0.6 is 0 Å². The predicted octanol–water partition coefficient (Wildman–Crippen LogP) is 1.67. The summed E-state index contributed by atoms with van der Waals surface area (Å²) in [5.41, 5.74) is 4.02. The lowest BCUT2D eigenvalue weighted by molar-refractivity contribution is -0.156. The molecule has 2 saturated heterocycles. The zero-order chi connectivity index (χ0) is 44.8. The Morgan fingerprint density at radius 2 is 1.79 bits per heavy atom. The minimum atomic E-state index is -1.44. The number of aromatic hydroxyl groups is 1. The minimum Gasteiger partial charge on any atom is -0.508 e. The molecule has 2 fully saturated rings. The third-order valence-corrected chi connectivity index (χ3v) is 10.9. The largest absolute Gasteiger partial charge is 0.508 e. The molecule has 17 nitrogen and oxygen atoms in total. The fourth-order valence-electron chi connectivity index (χ4n) is 7.09. The van der Waals surface area contributed by atoms with Gasteiger partial charge in [0.1, 0.15) is 49.1 Å². The molecule has 61 heavy (non-hydrogen) atoms. The number of Topliss-reactive ketones (excluding diaryl/α,β-unsaturated/α-hetero) is 1. The number of aliphatic hydroxyl groups excluding tert-OH is 2. The highest BCUT2D eigenvalue weighted by molar-refractivity contribution is 6.02. The van der Waals surface area contributed by atoms with Gasteiger partial charge < -0.3 is 40.2 Å². The van der Waals surface area contributed by atoms with Crippen LogP contribution in [0.4, 0.5) is 0 Å². The van der Waals surface area contributed by atoms with Crippen LogP contribution in [0.15, 0.2) is 72.4 Å². The molecule has 3 aliphatic heterocycles. The Kier molecular flexibility index (Phi) is 18.1. The number of phenolic OH excluding ortho intramolecular Hbond substituents is 1. The number of carbonyl (C=O) groups is 7. The molecule has 8 atom stereocenters. The molecule has 0 radical (unpaired) electrons. The highest BCUT2D eigenvalue weighted by Gasteiger charge is 2.39. The van der Waals surface area contributed by atoms with Gasteiger partial charge in [-0.3, -0.25) is 38.7 Å². The molecule has 6 N–H and O–H groups in total. The number of ketones is 1. The zero-order valence-corrected chi connectivity index (χ0v) is 35.3. The molecule has 4 rings (SSSR count). The number of rotatable bonds is 9. The summed E-state index contributed by atoms with van der Waals surface area (Å²) in [5.74, 6) is -6.61. The number of benzene rings is 1. The number of phenols is 1. The van der Waals surface area contributed by atoms with E-state index in [2.05, 4.69) is 16.1 Å². The summed E-state index contributed by atoms with van der Waals surface area (Å²) < 4.78 is 11.0. The van der Waals surface area contributed by atoms with Crippen molar-refractivity contribution in [1.29, 1.82) is 0 Å². The summed E-state index contributed by atoms with van der Waals surface area (Å²) >= 11 is 0. The molecule has 5 amide bonds. The van der Waals surface area contributed by atoms with Crippen LogP contribution in [0, 0.1) is 17.8 Å². The van der Waals surface area contributed by atoms with Crippen molar-refractivity contribution in [2.24, 2.45) is 17.8 Å². The molecule has 3 heterocycles. The maximum Gasteiger partial charge on any atom is 0.325 e. The molecule has 2 bridgehead atoms. The molecule has 0 spiro atoms. The van der Waals surface area contributed by atoms with E-state index in [0.29, 0.717) is 24.0 Å². The van der Waals surface area contributed by atoms with E-state index in [0.717, 1.165) is 4.90 Å². The summed E-state index contributed by atoms with van der Waals surface area (Å²) in [6.45, 7) is 7.83. The van der Waals surface area contributed by atoms with Crippen LogP contribution in [-0.4, -0.2) is 123 Å². The van der Waals surface area contributed by atoms with E-state index in [4.69, 9.17) is 9.47 Å². The third kappa shape index (κ3) is 14.0. The summed E-state index contributed by atoms with van der Waals surface area (Å²) in [6.07, 6.45) is 7.58. The fourth-order valence-corrected chi connectivity index (χ4v) is 7.09. The number of aliphatic hydroxyl groups is 2. The second-order valence-electron chi connectivity index (χ2n) is 16.0. The van der Waals surface area contributed by atoms with Crippen LogP contribution in [0.5, 0.6) is 5.75 Å². The van der Waals surface area contributed by atoms with Crippen LogP contribution < -0.4 is 16.1 Å². The number of cyclic esters (lactones) is 1. The van der Waals surface area contributed by atoms with Crippen LogP contribution in [0.3, 0.4) is 0 Å². The number of fused-ring (bicyclic) bond motifs is 2. The van der Waals surface area contributed by atoms with Crippen molar-refractivity contribution in [3.63, 3.8) is 0 Å². The number of carbonyl (C=O) groups excluding carboxylic acids is 7. The van der Waals surface area contributed by atoms with E-state index in [1.165, 1.54) is 48.4 Å². The Bertz CT molecular complexity index is 1890. The van der Waals surface area contributed by atoms with E-state index in [-0.39, 0.29) is 57.1 Å². The zero-order valence-electron chi connectivity index (χ0n) is 35.3. The average Bonchev–Trinajstić information content (AvgIpc) is 3.66. The van der Waals surface area contributed by atoms with E-state index in [1.807, 2.05) is 0 Å². The number of nitrogens with zero attached hydrogens (tertiary/aromatic N) is 2. The van der Waals surface area contributed by atoms with Gasteiger partial charge in [-0.25, -0.2) is 5.43 Å². The maximum atomic E-state index is 14.3. The van der Waals surface area contributed by atoms with Crippen LogP contribution in [-0.2, 0) is 49.5 Å². The summed E-state index contributed by atoms with van der Waals surface area (Å²) in [5, 5.41) is 39.5. The molecule has 0 saturated carbocycles. The molecular weight excluding hydrogens is 791 g/mol. The van der Waals surface area contributed by atoms with Gasteiger partial charge in [-0.15, -0.1) is 0 Å². The van der Waals surface area contributed by atoms with Crippen LogP contribution in [0.1, 0.15) is 72.3 Å². The monoisotopic (exact) mass is 849 g/mol. The van der Waals surface area contributed by atoms with Gasteiger partial charge in [0.25, 0.3) is 17.7 Å². The number of esters is 1. The van der Waals surface area contributed by atoms with Crippen LogP contribution in [0.25, 0.3) is 0 Å². The molecule has 1 aromatic rings. The summed E-state index contributed by atoms with van der Waals surface area (Å²) in [4.78, 5) is 93.6. The molecule has 1 aromatic carbocycles. The molecule has 0 aromatic heterocycles. The first-order valence-corrected chi connectivity index (χ1v) is 20.6. The van der Waals surface area contributed by atoms with Crippen molar-refractivity contribution in [1.82, 2.24) is 26.0 Å². The Hall–Kier alpha value is -5.49. The Labute approximate surface area is 355 Å². The normalized spacial score (nSPS) is 29.0. The van der Waals surface area contributed by atoms with Crippen LogP contribution in [0.2, 0.25) is 0 Å². The lowest BCUT2D eigenvalue weighted by Gasteiger charge is -2.36. The van der Waals surface area contributed by atoms with E-state index in [1.54, 1.807) is 58.1 Å². The molecule has 332 valence electrons. The third-order valence-electron chi connectivity index (χ3n) is 10.9. The Balaban J connectivity index is 1.71. The quantitative estimate of drug-likeness (QED) is 0.118. The summed E-state index contributed by atoms with van der Waals surface area (Å²) in [6, 6.07) is 2.77. The van der Waals surface area contributed by atoms with E-state index in [9.17, 15) is 48.9 Å². The average molecular weight is 850 g/mol. The fraction of sp³-hybridized carbons (Fsp3) is 0.523. The number of imide groups is 1. The smallest absolute Gasteiger partial charge is 0.325 e. The SMILES string of the molecule is CC(=O)CC[C@H]1C(=O)N[C@@H](C(C)C)C(=O)N[C@@H](Cc2cccc(O)c2)C(=O)N2CCCC(N2)C(=O)O[C@H](/C(C)=C/C=C/C(=O)N2COCC2=O)C/C=C/C=C/[C@H](O)[C@H](C)[C@H]1O. The van der Waals surface area contributed by atoms with Gasteiger partial charge in [-0.05, 0) is 62.3 Å². The second-order valence-corrected chi connectivity index (χ2v) is 16.0. The minimum absolute atomic E-state index is 0.0435. The van der Waals surface area contributed by atoms with Gasteiger partial charge in [-0.1, -0.05) is 69.4 Å². The van der Waals surface area contributed by atoms with Crippen molar-refractivity contribution in [3.05, 3.63) is 77.9 Å². The highest BCUT2D eigenvalue weighted by atomic mass is 16.5. The molecule has 17 heteroatoms. The lowest BCUT2D eigenvalue weighted by Crippen LogP contribution is -2.62. The predicted molar refractivity (Wildman–Crippen MR) is 221 cm³/mol. The van der Waals surface area contributed by atoms with Crippen molar-refractivity contribution in [3.8, 4) is 5.75 Å². The standard InChI is InChI=1S/C44H59N5O12/c1-26(2)39-42(57)45-34(23-30-13-10-14-31(51)22-30)43(58)49-21-11-15-33(47-49)44(59)61-36(27(3)12-9-18-37(53)48-25-60-24-38(48)54)17-8-6-7-16-35(52)29(5)40(55)32(41(56)46-39)20-19-28(4)50/h6-10,12-14,16,18,22,26,29,32-36,39-40,47,51-52,55H,11,15,17,19-21,23-25H2,1-5H3,(H,45,57)(H,46,56)/b8-6+,16-7+,18-9+,27-12+/t29-,32+,33?,34-,35-,36-,39-,40+/m0/s1. The Morgan fingerprint density at radius 1 is 1.03 bits per heavy atom. The number of ether oxygens (including phenoxy) is 2. The lowest BCUT2D eigenvalue weighted by atomic mass is 9.84.